The number of halogens is 1. The van der Waals surface area contributed by atoms with Crippen LogP contribution in [0.25, 0.3) is 0 Å². The molecule has 0 fully saturated rings. The lowest BCUT2D eigenvalue weighted by atomic mass is 10.1. The quantitative estimate of drug-likeness (QED) is 0.921. The Morgan fingerprint density at radius 2 is 2.17 bits per heavy atom. The fourth-order valence-electron chi connectivity index (χ4n) is 1.60. The van der Waals surface area contributed by atoms with Gasteiger partial charge in [0.1, 0.15) is 12.1 Å². The topological polar surface area (TPSA) is 47.0 Å². The molecule has 0 saturated carbocycles. The van der Waals surface area contributed by atoms with Crippen molar-refractivity contribution in [1.29, 1.82) is 0 Å². The Balaban J connectivity index is 2.21. The zero-order chi connectivity index (χ0) is 12.8. The van der Waals surface area contributed by atoms with Crippen LogP contribution in [0.4, 0.5) is 11.5 Å². The first-order valence-corrected chi connectivity index (χ1v) is 6.40. The molecule has 0 unspecified atom stereocenters. The lowest BCUT2D eigenvalue weighted by molar-refractivity contribution is 0.202. The zero-order valence-corrected chi connectivity index (χ0v) is 11.6. The number of methoxy groups -OCH3 is 1. The Kier molecular flexibility index (Phi) is 4.66. The molecular formula is C13H14BrN3O. The molecule has 1 N–H and O–H groups in total. The summed E-state index contributed by atoms with van der Waals surface area (Å²) >= 11 is 3.42. The van der Waals surface area contributed by atoms with Gasteiger partial charge in [-0.15, -0.1) is 0 Å². The molecule has 4 nitrogen and oxygen atoms in total. The van der Waals surface area contributed by atoms with Gasteiger partial charge in [0.2, 0.25) is 0 Å². The van der Waals surface area contributed by atoms with Gasteiger partial charge in [0.15, 0.2) is 0 Å². The summed E-state index contributed by atoms with van der Waals surface area (Å²) in [6.45, 7) is 0.698. The van der Waals surface area contributed by atoms with Crippen LogP contribution in [0.15, 0.2) is 41.3 Å². The maximum atomic E-state index is 5.11. The monoisotopic (exact) mass is 307 g/mol. The number of ether oxygens (including phenoxy) is 1. The van der Waals surface area contributed by atoms with E-state index in [0.29, 0.717) is 6.61 Å². The molecule has 0 radical (unpaired) electrons. The van der Waals surface area contributed by atoms with Crippen LogP contribution < -0.4 is 5.32 Å². The largest absolute Gasteiger partial charge is 0.384 e. The van der Waals surface area contributed by atoms with Crippen LogP contribution in [0.1, 0.15) is 5.56 Å². The molecule has 2 rings (SSSR count). The van der Waals surface area contributed by atoms with E-state index in [1.807, 2.05) is 18.2 Å². The maximum Gasteiger partial charge on any atom is 0.148 e. The highest BCUT2D eigenvalue weighted by atomic mass is 79.9. The predicted molar refractivity (Wildman–Crippen MR) is 75.0 cm³/mol. The standard InChI is InChI=1S/C13H14BrN3O/c1-18-7-6-10-4-2-3-5-12(10)17-13-11(14)8-15-9-16-13/h2-5,8-9H,6-7H2,1H3,(H,15,16,17). The normalized spacial score (nSPS) is 10.3. The Hall–Kier alpha value is -1.46. The van der Waals surface area contributed by atoms with Crippen LogP contribution in [-0.4, -0.2) is 23.7 Å². The van der Waals surface area contributed by atoms with E-state index < -0.39 is 0 Å². The molecule has 1 aromatic heterocycles. The molecule has 0 bridgehead atoms. The summed E-state index contributed by atoms with van der Waals surface area (Å²) in [5, 5.41) is 3.30. The number of nitrogens with zero attached hydrogens (tertiary/aromatic N) is 2. The van der Waals surface area contributed by atoms with Gasteiger partial charge in [-0.1, -0.05) is 18.2 Å². The van der Waals surface area contributed by atoms with Gasteiger partial charge in [-0.05, 0) is 34.0 Å². The number of aromatic nitrogens is 2. The van der Waals surface area contributed by atoms with Crippen molar-refractivity contribution in [2.24, 2.45) is 0 Å². The highest BCUT2D eigenvalue weighted by molar-refractivity contribution is 9.10. The van der Waals surface area contributed by atoms with Crippen LogP contribution in [-0.2, 0) is 11.2 Å². The second-order valence-corrected chi connectivity index (χ2v) is 4.60. The van der Waals surface area contributed by atoms with Gasteiger partial charge < -0.3 is 10.1 Å². The van der Waals surface area contributed by atoms with Gasteiger partial charge in [-0.25, -0.2) is 9.97 Å². The van der Waals surface area contributed by atoms with E-state index in [9.17, 15) is 0 Å². The summed E-state index contributed by atoms with van der Waals surface area (Å²) in [5.74, 6) is 0.759. The molecule has 0 aliphatic carbocycles. The summed E-state index contributed by atoms with van der Waals surface area (Å²) in [4.78, 5) is 8.14. The Bertz CT molecular complexity index is 519. The average molecular weight is 308 g/mol. The van der Waals surface area contributed by atoms with Gasteiger partial charge in [0.05, 0.1) is 11.1 Å². The molecule has 1 heterocycles. The SMILES string of the molecule is COCCc1ccccc1Nc1ncncc1Br. The van der Waals surface area contributed by atoms with E-state index >= 15 is 0 Å². The fourth-order valence-corrected chi connectivity index (χ4v) is 1.92. The number of anilines is 2. The van der Waals surface area contributed by atoms with Crippen molar-refractivity contribution < 1.29 is 4.74 Å². The van der Waals surface area contributed by atoms with E-state index in [4.69, 9.17) is 4.74 Å². The van der Waals surface area contributed by atoms with Gasteiger partial charge in [-0.3, -0.25) is 0 Å². The number of benzene rings is 1. The summed E-state index contributed by atoms with van der Waals surface area (Å²) in [7, 11) is 1.71. The smallest absolute Gasteiger partial charge is 0.148 e. The van der Waals surface area contributed by atoms with Crippen molar-refractivity contribution in [3.05, 3.63) is 46.8 Å². The van der Waals surface area contributed by atoms with Crippen molar-refractivity contribution in [3.8, 4) is 0 Å². The first-order chi connectivity index (χ1) is 8.81. The number of hydrogen-bond donors (Lipinski definition) is 1. The maximum absolute atomic E-state index is 5.11. The van der Waals surface area contributed by atoms with Crippen LogP contribution in [0.3, 0.4) is 0 Å². The number of para-hydroxylation sites is 1. The molecule has 1 aromatic carbocycles. The fraction of sp³-hybridized carbons (Fsp3) is 0.231. The van der Waals surface area contributed by atoms with E-state index in [-0.39, 0.29) is 0 Å². The van der Waals surface area contributed by atoms with E-state index in [2.05, 4.69) is 37.3 Å². The third kappa shape index (κ3) is 3.27. The Labute approximate surface area is 115 Å². The van der Waals surface area contributed by atoms with Crippen LogP contribution in [0.5, 0.6) is 0 Å². The Morgan fingerprint density at radius 3 is 2.94 bits per heavy atom. The minimum Gasteiger partial charge on any atom is -0.384 e. The predicted octanol–water partition coefficient (Wildman–Crippen LogP) is 3.17. The minimum atomic E-state index is 0.698. The van der Waals surface area contributed by atoms with Gasteiger partial charge in [0, 0.05) is 19.0 Å². The summed E-state index contributed by atoms with van der Waals surface area (Å²) in [6.07, 6.45) is 4.10. The zero-order valence-electron chi connectivity index (χ0n) is 10.1. The summed E-state index contributed by atoms with van der Waals surface area (Å²) in [6, 6.07) is 8.12. The minimum absolute atomic E-state index is 0.698. The molecule has 18 heavy (non-hydrogen) atoms. The van der Waals surface area contributed by atoms with E-state index in [1.165, 1.54) is 11.9 Å². The molecule has 94 valence electrons. The van der Waals surface area contributed by atoms with Gasteiger partial charge in [-0.2, -0.15) is 0 Å². The van der Waals surface area contributed by atoms with E-state index in [0.717, 1.165) is 22.4 Å². The van der Waals surface area contributed by atoms with Crippen LogP contribution in [0.2, 0.25) is 0 Å². The summed E-state index contributed by atoms with van der Waals surface area (Å²) in [5.41, 5.74) is 2.24. The highest BCUT2D eigenvalue weighted by Gasteiger charge is 2.05. The van der Waals surface area contributed by atoms with Crippen molar-refractivity contribution in [1.82, 2.24) is 9.97 Å². The lowest BCUT2D eigenvalue weighted by Crippen LogP contribution is -2.01. The molecule has 0 aliphatic heterocycles. The molecule has 0 aliphatic rings. The van der Waals surface area contributed by atoms with Gasteiger partial charge in [0.25, 0.3) is 0 Å². The Morgan fingerprint density at radius 1 is 1.33 bits per heavy atom. The van der Waals surface area contributed by atoms with Crippen molar-refractivity contribution in [3.63, 3.8) is 0 Å². The third-order valence-electron chi connectivity index (χ3n) is 2.51. The first-order valence-electron chi connectivity index (χ1n) is 5.60. The van der Waals surface area contributed by atoms with Gasteiger partial charge >= 0.3 is 0 Å². The molecule has 0 atom stereocenters. The van der Waals surface area contributed by atoms with Crippen LogP contribution >= 0.6 is 15.9 Å². The third-order valence-corrected chi connectivity index (χ3v) is 3.09. The van der Waals surface area contributed by atoms with Crippen molar-refractivity contribution in [2.45, 2.75) is 6.42 Å². The van der Waals surface area contributed by atoms with E-state index in [1.54, 1.807) is 13.3 Å². The second kappa shape index (κ2) is 6.47. The molecule has 0 saturated heterocycles. The summed E-state index contributed by atoms with van der Waals surface area (Å²) < 4.78 is 5.95. The molecule has 0 amide bonds. The second-order valence-electron chi connectivity index (χ2n) is 3.74. The first kappa shape index (κ1) is 13.0. The number of nitrogens with one attached hydrogen (secondary N) is 1. The molecule has 0 spiro atoms. The highest BCUT2D eigenvalue weighted by Crippen LogP contribution is 2.24. The van der Waals surface area contributed by atoms with Crippen molar-refractivity contribution in [2.75, 3.05) is 19.0 Å². The molecule has 2 aromatic rings. The number of hydrogen-bond acceptors (Lipinski definition) is 4. The molecular weight excluding hydrogens is 294 g/mol. The van der Waals surface area contributed by atoms with Crippen LogP contribution in [0, 0.1) is 0 Å². The van der Waals surface area contributed by atoms with Crippen molar-refractivity contribution >= 4 is 27.4 Å². The lowest BCUT2D eigenvalue weighted by Gasteiger charge is -2.11. The molecule has 5 heteroatoms. The number of rotatable bonds is 5. The average Bonchev–Trinajstić information content (AvgIpc) is 2.40.